The Morgan fingerprint density at radius 2 is 1.60 bits per heavy atom. The summed E-state index contributed by atoms with van der Waals surface area (Å²) in [5, 5.41) is 5.03. The summed E-state index contributed by atoms with van der Waals surface area (Å²) in [6.45, 7) is 5.18. The summed E-state index contributed by atoms with van der Waals surface area (Å²) in [5.74, 6) is -1.12. The number of amides is 2. The molecule has 0 aliphatic carbocycles. The molecule has 0 bridgehead atoms. The molecule has 0 fully saturated rings. The van der Waals surface area contributed by atoms with E-state index in [9.17, 15) is 14.0 Å². The van der Waals surface area contributed by atoms with Crippen molar-refractivity contribution in [2.45, 2.75) is 32.4 Å². The van der Waals surface area contributed by atoms with E-state index in [0.29, 0.717) is 5.56 Å². The van der Waals surface area contributed by atoms with Crippen LogP contribution in [-0.2, 0) is 9.53 Å². The molecular formula is C19H21FN2O3. The van der Waals surface area contributed by atoms with Crippen LogP contribution in [0.25, 0.3) is 0 Å². The Labute approximate surface area is 146 Å². The molecule has 0 heterocycles. The number of ether oxygens (including phenoxy) is 1. The lowest BCUT2D eigenvalue weighted by Crippen LogP contribution is -2.40. The van der Waals surface area contributed by atoms with Crippen LogP contribution in [0.4, 0.5) is 14.9 Å². The summed E-state index contributed by atoms with van der Waals surface area (Å²) in [6.07, 6.45) is -0.731. The molecule has 1 atom stereocenters. The normalized spacial score (nSPS) is 12.2. The van der Waals surface area contributed by atoms with Crippen LogP contribution >= 0.6 is 0 Å². The zero-order valence-electron chi connectivity index (χ0n) is 14.4. The van der Waals surface area contributed by atoms with Crippen LogP contribution in [0.2, 0.25) is 0 Å². The van der Waals surface area contributed by atoms with Gasteiger partial charge in [-0.1, -0.05) is 42.5 Å². The number of benzene rings is 2. The Balaban J connectivity index is 2.21. The van der Waals surface area contributed by atoms with Crippen molar-refractivity contribution in [2.75, 3.05) is 5.32 Å². The first-order valence-corrected chi connectivity index (χ1v) is 7.86. The summed E-state index contributed by atoms with van der Waals surface area (Å²) < 4.78 is 19.0. The Morgan fingerprint density at radius 3 is 2.20 bits per heavy atom. The van der Waals surface area contributed by atoms with Crippen molar-refractivity contribution in [2.24, 2.45) is 0 Å². The van der Waals surface area contributed by atoms with Crippen molar-refractivity contribution >= 4 is 17.7 Å². The van der Waals surface area contributed by atoms with Gasteiger partial charge in [-0.05, 0) is 38.5 Å². The molecule has 6 heteroatoms. The molecule has 0 aliphatic heterocycles. The van der Waals surface area contributed by atoms with Gasteiger partial charge in [0, 0.05) is 0 Å². The van der Waals surface area contributed by atoms with Crippen LogP contribution in [0.1, 0.15) is 32.4 Å². The maximum atomic E-state index is 13.8. The van der Waals surface area contributed by atoms with Crippen molar-refractivity contribution in [3.8, 4) is 0 Å². The lowest BCUT2D eigenvalue weighted by molar-refractivity contribution is -0.118. The van der Waals surface area contributed by atoms with E-state index in [1.54, 1.807) is 57.2 Å². The second kappa shape index (κ2) is 7.79. The van der Waals surface area contributed by atoms with E-state index in [1.165, 1.54) is 18.2 Å². The number of nitrogens with one attached hydrogen (secondary N) is 2. The highest BCUT2D eigenvalue weighted by molar-refractivity contribution is 5.97. The van der Waals surface area contributed by atoms with Crippen molar-refractivity contribution in [3.05, 3.63) is 66.0 Å². The Morgan fingerprint density at radius 1 is 1.00 bits per heavy atom. The van der Waals surface area contributed by atoms with Gasteiger partial charge < -0.3 is 15.4 Å². The van der Waals surface area contributed by atoms with E-state index in [-0.39, 0.29) is 5.69 Å². The number of rotatable bonds is 4. The predicted octanol–water partition coefficient (Wildman–Crippen LogP) is 4.03. The van der Waals surface area contributed by atoms with Gasteiger partial charge in [-0.2, -0.15) is 0 Å². The minimum atomic E-state index is -1.02. The highest BCUT2D eigenvalue weighted by Gasteiger charge is 2.26. The average molecular weight is 344 g/mol. The Bertz CT molecular complexity index is 742. The number of carbonyl (C=O) groups excluding carboxylic acids is 2. The van der Waals surface area contributed by atoms with Gasteiger partial charge in [0.25, 0.3) is 5.91 Å². The molecular weight excluding hydrogens is 323 g/mol. The van der Waals surface area contributed by atoms with Crippen LogP contribution in [-0.4, -0.2) is 17.6 Å². The van der Waals surface area contributed by atoms with Crippen molar-refractivity contribution in [1.29, 1.82) is 0 Å². The van der Waals surface area contributed by atoms with Gasteiger partial charge in [0.15, 0.2) is 0 Å². The highest BCUT2D eigenvalue weighted by Crippen LogP contribution is 2.19. The predicted molar refractivity (Wildman–Crippen MR) is 93.6 cm³/mol. The first kappa shape index (κ1) is 18.4. The van der Waals surface area contributed by atoms with Crippen LogP contribution in [0.5, 0.6) is 0 Å². The Kier molecular flexibility index (Phi) is 5.75. The number of anilines is 1. The van der Waals surface area contributed by atoms with Crippen LogP contribution in [0, 0.1) is 5.82 Å². The topological polar surface area (TPSA) is 67.4 Å². The molecule has 0 radical (unpaired) electrons. The number of carbonyl (C=O) groups is 2. The van der Waals surface area contributed by atoms with E-state index in [2.05, 4.69) is 10.6 Å². The number of hydrogen-bond acceptors (Lipinski definition) is 3. The van der Waals surface area contributed by atoms with E-state index in [4.69, 9.17) is 4.74 Å². The van der Waals surface area contributed by atoms with Crippen molar-refractivity contribution in [3.63, 3.8) is 0 Å². The quantitative estimate of drug-likeness (QED) is 0.880. The van der Waals surface area contributed by atoms with Gasteiger partial charge in [0.1, 0.15) is 17.5 Å². The smallest absolute Gasteiger partial charge is 0.408 e. The summed E-state index contributed by atoms with van der Waals surface area (Å²) in [6, 6.07) is 13.5. The third-order valence-electron chi connectivity index (χ3n) is 3.19. The van der Waals surface area contributed by atoms with Gasteiger partial charge in [-0.15, -0.1) is 0 Å². The molecule has 0 aromatic heterocycles. The second-order valence-electron chi connectivity index (χ2n) is 6.46. The molecule has 0 saturated heterocycles. The van der Waals surface area contributed by atoms with Gasteiger partial charge in [-0.25, -0.2) is 9.18 Å². The number of para-hydroxylation sites is 1. The van der Waals surface area contributed by atoms with E-state index >= 15 is 0 Å². The maximum Gasteiger partial charge on any atom is 0.408 e. The molecule has 132 valence electrons. The third kappa shape index (κ3) is 5.60. The van der Waals surface area contributed by atoms with Gasteiger partial charge in [0.05, 0.1) is 5.69 Å². The Hall–Kier alpha value is -2.89. The molecule has 0 aliphatic rings. The second-order valence-corrected chi connectivity index (χ2v) is 6.46. The lowest BCUT2D eigenvalue weighted by Gasteiger charge is -2.23. The minimum absolute atomic E-state index is 0.0411. The molecule has 2 aromatic carbocycles. The summed E-state index contributed by atoms with van der Waals surface area (Å²) in [7, 11) is 0. The molecule has 2 aromatic rings. The number of alkyl carbamates (subject to hydrolysis) is 1. The lowest BCUT2D eigenvalue weighted by atomic mass is 10.1. The number of halogens is 1. The summed E-state index contributed by atoms with van der Waals surface area (Å²) in [4.78, 5) is 24.7. The monoisotopic (exact) mass is 344 g/mol. The fraction of sp³-hybridized carbons (Fsp3) is 0.263. The van der Waals surface area contributed by atoms with E-state index < -0.39 is 29.5 Å². The average Bonchev–Trinajstić information content (AvgIpc) is 2.54. The SMILES string of the molecule is CC(C)(C)OC(=O)NC(C(=O)Nc1ccccc1F)c1ccccc1. The molecule has 2 N–H and O–H groups in total. The van der Waals surface area contributed by atoms with Gasteiger partial charge in [-0.3, -0.25) is 4.79 Å². The van der Waals surface area contributed by atoms with E-state index in [1.807, 2.05) is 0 Å². The minimum Gasteiger partial charge on any atom is -0.444 e. The molecule has 0 saturated carbocycles. The van der Waals surface area contributed by atoms with Crippen molar-refractivity contribution in [1.82, 2.24) is 5.32 Å². The maximum absolute atomic E-state index is 13.8. The molecule has 2 amide bonds. The van der Waals surface area contributed by atoms with Gasteiger partial charge >= 0.3 is 6.09 Å². The first-order valence-electron chi connectivity index (χ1n) is 7.86. The fourth-order valence-electron chi connectivity index (χ4n) is 2.14. The van der Waals surface area contributed by atoms with Gasteiger partial charge in [0.2, 0.25) is 0 Å². The fourth-order valence-corrected chi connectivity index (χ4v) is 2.14. The largest absolute Gasteiger partial charge is 0.444 e. The standard InChI is InChI=1S/C19H21FN2O3/c1-19(2,3)25-18(24)22-16(13-9-5-4-6-10-13)17(23)21-15-12-8-7-11-14(15)20/h4-12,16H,1-3H3,(H,21,23)(H,22,24). The molecule has 5 nitrogen and oxygen atoms in total. The summed E-state index contributed by atoms with van der Waals surface area (Å²) >= 11 is 0. The van der Waals surface area contributed by atoms with Crippen LogP contribution in [0.15, 0.2) is 54.6 Å². The van der Waals surface area contributed by atoms with Crippen molar-refractivity contribution < 1.29 is 18.7 Å². The number of hydrogen-bond donors (Lipinski definition) is 2. The molecule has 0 spiro atoms. The van der Waals surface area contributed by atoms with Crippen LogP contribution in [0.3, 0.4) is 0 Å². The zero-order valence-corrected chi connectivity index (χ0v) is 14.4. The third-order valence-corrected chi connectivity index (χ3v) is 3.19. The molecule has 2 rings (SSSR count). The molecule has 1 unspecified atom stereocenters. The highest BCUT2D eigenvalue weighted by atomic mass is 19.1. The first-order chi connectivity index (χ1) is 11.8. The summed E-state index contributed by atoms with van der Waals surface area (Å²) in [5.41, 5.74) is -0.102. The molecule has 25 heavy (non-hydrogen) atoms. The van der Waals surface area contributed by atoms with Crippen LogP contribution < -0.4 is 10.6 Å². The van der Waals surface area contributed by atoms with E-state index in [0.717, 1.165) is 0 Å². The zero-order chi connectivity index (χ0) is 18.4.